The number of pyridine rings is 1. The third kappa shape index (κ3) is 3.00. The molecule has 7 heteroatoms. The van der Waals surface area contributed by atoms with Crippen LogP contribution in [0.2, 0.25) is 0 Å². The minimum absolute atomic E-state index is 0.354. The van der Waals surface area contributed by atoms with E-state index in [9.17, 15) is 4.79 Å². The average Bonchev–Trinajstić information content (AvgIpc) is 2.89. The van der Waals surface area contributed by atoms with Gasteiger partial charge in [0.15, 0.2) is 5.82 Å². The molecule has 0 fully saturated rings. The molecule has 0 bridgehead atoms. The molecule has 0 saturated heterocycles. The van der Waals surface area contributed by atoms with E-state index in [1.807, 2.05) is 18.5 Å². The molecular formula is C13H18N6O. The smallest absolute Gasteiger partial charge is 0.266 e. The lowest BCUT2D eigenvalue weighted by Crippen LogP contribution is -2.30. The van der Waals surface area contributed by atoms with Gasteiger partial charge in [-0.1, -0.05) is 13.8 Å². The molecule has 2 aromatic rings. The average molecular weight is 274 g/mol. The lowest BCUT2D eigenvalue weighted by Gasteiger charge is -2.05. The number of nitrogens with two attached hydrogens (primary N) is 1. The minimum Gasteiger partial charge on any atom is -0.290 e. The van der Waals surface area contributed by atoms with Crippen molar-refractivity contribution in [2.45, 2.75) is 33.2 Å². The van der Waals surface area contributed by atoms with Crippen LogP contribution in [0.25, 0.3) is 0 Å². The number of amides is 1. The van der Waals surface area contributed by atoms with Gasteiger partial charge in [-0.15, -0.1) is 0 Å². The van der Waals surface area contributed by atoms with Crippen LogP contribution in [0.15, 0.2) is 18.3 Å². The van der Waals surface area contributed by atoms with Crippen LogP contribution in [0.1, 0.15) is 41.5 Å². The molecule has 2 rings (SSSR count). The molecule has 3 N–H and O–H groups in total. The van der Waals surface area contributed by atoms with Crippen LogP contribution in [0.3, 0.4) is 0 Å². The van der Waals surface area contributed by atoms with Crippen molar-refractivity contribution in [3.05, 3.63) is 41.2 Å². The van der Waals surface area contributed by atoms with Crippen LogP contribution < -0.4 is 11.3 Å². The fourth-order valence-corrected chi connectivity index (χ4v) is 1.85. The van der Waals surface area contributed by atoms with Crippen molar-refractivity contribution in [3.63, 3.8) is 0 Å². The van der Waals surface area contributed by atoms with Gasteiger partial charge in [0.05, 0.1) is 17.8 Å². The predicted octanol–water partition coefficient (Wildman–Crippen LogP) is 0.450. The second-order valence-corrected chi connectivity index (χ2v) is 4.32. The van der Waals surface area contributed by atoms with Crippen molar-refractivity contribution in [3.8, 4) is 0 Å². The van der Waals surface area contributed by atoms with E-state index >= 15 is 0 Å². The molecule has 0 atom stereocenters. The topological polar surface area (TPSA) is 98.7 Å². The summed E-state index contributed by atoms with van der Waals surface area (Å²) in [6.07, 6.45) is 3.13. The first-order valence-corrected chi connectivity index (χ1v) is 6.56. The summed E-state index contributed by atoms with van der Waals surface area (Å²) in [5.74, 6) is 6.49. The van der Waals surface area contributed by atoms with E-state index in [1.165, 1.54) is 6.20 Å². The summed E-state index contributed by atoms with van der Waals surface area (Å²) in [6.45, 7) is 4.61. The van der Waals surface area contributed by atoms with Crippen molar-refractivity contribution >= 4 is 5.91 Å². The molecule has 0 aliphatic heterocycles. The summed E-state index contributed by atoms with van der Waals surface area (Å²) >= 11 is 0. The number of nitrogen functional groups attached to an aromatic ring is 1. The molecule has 0 aromatic carbocycles. The van der Waals surface area contributed by atoms with Gasteiger partial charge in [0, 0.05) is 19.0 Å². The van der Waals surface area contributed by atoms with Gasteiger partial charge in [0.25, 0.3) is 5.91 Å². The number of rotatable bonds is 5. The van der Waals surface area contributed by atoms with Gasteiger partial charge < -0.3 is 0 Å². The molecule has 0 spiro atoms. The molecule has 0 radical (unpaired) electrons. The van der Waals surface area contributed by atoms with E-state index in [2.05, 4.69) is 20.5 Å². The summed E-state index contributed by atoms with van der Waals surface area (Å²) in [5, 5.41) is 4.43. The van der Waals surface area contributed by atoms with E-state index < -0.39 is 0 Å². The summed E-state index contributed by atoms with van der Waals surface area (Å²) in [7, 11) is 0. The SMILES string of the molecule is CCc1nc(CC)n(Cc2ccc(C(=O)NN)cn2)n1. The molecule has 0 aliphatic rings. The van der Waals surface area contributed by atoms with Crippen molar-refractivity contribution < 1.29 is 4.79 Å². The monoisotopic (exact) mass is 274 g/mol. The maximum atomic E-state index is 11.3. The number of hydrazine groups is 1. The van der Waals surface area contributed by atoms with Gasteiger partial charge in [-0.05, 0) is 12.1 Å². The van der Waals surface area contributed by atoms with E-state index in [-0.39, 0.29) is 5.91 Å². The standard InChI is InChI=1S/C13H18N6O/c1-3-11-16-12(4-2)19(18-11)8-10-6-5-9(7-15-10)13(20)17-14/h5-7H,3-4,8,14H2,1-2H3,(H,17,20). The number of aromatic nitrogens is 4. The maximum absolute atomic E-state index is 11.3. The van der Waals surface area contributed by atoms with Crippen molar-refractivity contribution in [2.75, 3.05) is 0 Å². The first-order chi connectivity index (χ1) is 9.67. The molecule has 2 aromatic heterocycles. The molecule has 106 valence electrons. The van der Waals surface area contributed by atoms with Crippen LogP contribution in [-0.4, -0.2) is 25.7 Å². The highest BCUT2D eigenvalue weighted by Gasteiger charge is 2.09. The first kappa shape index (κ1) is 14.1. The normalized spacial score (nSPS) is 10.6. The van der Waals surface area contributed by atoms with Gasteiger partial charge in [-0.3, -0.25) is 15.2 Å². The number of hydrogen-bond acceptors (Lipinski definition) is 5. The van der Waals surface area contributed by atoms with Crippen molar-refractivity contribution in [1.82, 2.24) is 25.2 Å². The number of aryl methyl sites for hydroxylation is 2. The van der Waals surface area contributed by atoms with E-state index in [0.717, 1.165) is 30.2 Å². The number of hydrogen-bond donors (Lipinski definition) is 2. The Labute approximate surface area is 117 Å². The highest BCUT2D eigenvalue weighted by Crippen LogP contribution is 2.06. The highest BCUT2D eigenvalue weighted by molar-refractivity contribution is 5.93. The lowest BCUT2D eigenvalue weighted by atomic mass is 10.2. The Balaban J connectivity index is 2.17. The largest absolute Gasteiger partial charge is 0.290 e. The van der Waals surface area contributed by atoms with E-state index in [1.54, 1.807) is 12.1 Å². The van der Waals surface area contributed by atoms with E-state index in [0.29, 0.717) is 12.1 Å². The third-order valence-electron chi connectivity index (χ3n) is 2.95. The summed E-state index contributed by atoms with van der Waals surface area (Å²) in [6, 6.07) is 3.48. The zero-order valence-corrected chi connectivity index (χ0v) is 11.6. The Morgan fingerprint density at radius 2 is 2.15 bits per heavy atom. The zero-order valence-electron chi connectivity index (χ0n) is 11.6. The number of nitrogens with zero attached hydrogens (tertiary/aromatic N) is 4. The van der Waals surface area contributed by atoms with Crippen LogP contribution in [-0.2, 0) is 19.4 Å². The van der Waals surface area contributed by atoms with Crippen LogP contribution in [0.4, 0.5) is 0 Å². The Morgan fingerprint density at radius 3 is 2.70 bits per heavy atom. The molecule has 0 unspecified atom stereocenters. The summed E-state index contributed by atoms with van der Waals surface area (Å²) in [5.41, 5.74) is 3.32. The number of nitrogens with one attached hydrogen (secondary N) is 1. The van der Waals surface area contributed by atoms with Gasteiger partial charge in [-0.2, -0.15) is 5.10 Å². The molecule has 2 heterocycles. The Hall–Kier alpha value is -2.28. The second kappa shape index (κ2) is 6.25. The minimum atomic E-state index is -0.354. The molecule has 7 nitrogen and oxygen atoms in total. The van der Waals surface area contributed by atoms with Gasteiger partial charge >= 0.3 is 0 Å². The number of carbonyl (C=O) groups is 1. The first-order valence-electron chi connectivity index (χ1n) is 6.56. The van der Waals surface area contributed by atoms with Crippen LogP contribution >= 0.6 is 0 Å². The number of carbonyl (C=O) groups excluding carboxylic acids is 1. The van der Waals surface area contributed by atoms with Crippen molar-refractivity contribution in [1.29, 1.82) is 0 Å². The fraction of sp³-hybridized carbons (Fsp3) is 0.385. The van der Waals surface area contributed by atoms with Gasteiger partial charge in [0.2, 0.25) is 0 Å². The zero-order chi connectivity index (χ0) is 14.5. The fourth-order valence-electron chi connectivity index (χ4n) is 1.85. The predicted molar refractivity (Wildman–Crippen MR) is 73.8 cm³/mol. The molecule has 0 saturated carbocycles. The Morgan fingerprint density at radius 1 is 1.35 bits per heavy atom. The third-order valence-corrected chi connectivity index (χ3v) is 2.95. The van der Waals surface area contributed by atoms with Crippen LogP contribution in [0.5, 0.6) is 0 Å². The Kier molecular flexibility index (Phi) is 4.41. The highest BCUT2D eigenvalue weighted by atomic mass is 16.2. The van der Waals surface area contributed by atoms with Crippen LogP contribution in [0, 0.1) is 0 Å². The molecule has 20 heavy (non-hydrogen) atoms. The molecule has 1 amide bonds. The second-order valence-electron chi connectivity index (χ2n) is 4.32. The van der Waals surface area contributed by atoms with Crippen molar-refractivity contribution in [2.24, 2.45) is 5.84 Å². The lowest BCUT2D eigenvalue weighted by molar-refractivity contribution is 0.0953. The summed E-state index contributed by atoms with van der Waals surface area (Å²) < 4.78 is 1.85. The maximum Gasteiger partial charge on any atom is 0.266 e. The quantitative estimate of drug-likeness (QED) is 0.468. The van der Waals surface area contributed by atoms with E-state index in [4.69, 9.17) is 5.84 Å². The molecule has 0 aliphatic carbocycles. The summed E-state index contributed by atoms with van der Waals surface area (Å²) in [4.78, 5) is 20.0. The molecular weight excluding hydrogens is 256 g/mol. The van der Waals surface area contributed by atoms with Gasteiger partial charge in [-0.25, -0.2) is 15.5 Å². The Bertz CT molecular complexity index is 589. The van der Waals surface area contributed by atoms with Gasteiger partial charge in [0.1, 0.15) is 5.82 Å².